The average Bonchev–Trinajstić information content (AvgIpc) is 2.48. The van der Waals surface area contributed by atoms with E-state index in [1.165, 1.54) is 5.56 Å². The monoisotopic (exact) mass is 278 g/mol. The molecule has 0 fully saturated rings. The molecule has 21 heavy (non-hydrogen) atoms. The molecule has 3 N–H and O–H groups in total. The molecule has 1 amide bonds. The van der Waals surface area contributed by atoms with E-state index >= 15 is 0 Å². The molecule has 0 aliphatic heterocycles. The summed E-state index contributed by atoms with van der Waals surface area (Å²) in [5.74, 6) is 5.59. The van der Waals surface area contributed by atoms with Gasteiger partial charge in [-0.15, -0.1) is 0 Å². The zero-order valence-electron chi connectivity index (χ0n) is 12.2. The summed E-state index contributed by atoms with van der Waals surface area (Å²) in [7, 11) is 0. The quantitative estimate of drug-likeness (QED) is 0.830. The first-order valence-electron chi connectivity index (χ1n) is 6.78. The predicted octanol–water partition coefficient (Wildman–Crippen LogP) is 2.87. The Bertz CT molecular complexity index is 706. The number of rotatable bonds is 2. The third kappa shape index (κ3) is 3.95. The molecule has 106 valence electrons. The minimum Gasteiger partial charge on any atom is -0.322 e. The maximum atomic E-state index is 12.2. The SMILES string of the molecule is Cc1ccc(NC(=O)c2ccc(C#CCN)cc2)c(C)c1. The maximum absolute atomic E-state index is 12.2. The highest BCUT2D eigenvalue weighted by atomic mass is 16.1. The van der Waals surface area contributed by atoms with Crippen LogP contribution in [-0.4, -0.2) is 12.5 Å². The molecule has 0 atom stereocenters. The number of hydrogen-bond acceptors (Lipinski definition) is 2. The van der Waals surface area contributed by atoms with E-state index in [1.807, 2.05) is 44.2 Å². The Morgan fingerprint density at radius 3 is 2.48 bits per heavy atom. The van der Waals surface area contributed by atoms with E-state index in [2.05, 4.69) is 17.2 Å². The molecule has 0 spiro atoms. The highest BCUT2D eigenvalue weighted by Gasteiger charge is 2.07. The maximum Gasteiger partial charge on any atom is 0.255 e. The molecule has 0 aliphatic rings. The number of aryl methyl sites for hydroxylation is 2. The van der Waals surface area contributed by atoms with Crippen molar-refractivity contribution in [2.75, 3.05) is 11.9 Å². The van der Waals surface area contributed by atoms with Gasteiger partial charge in [0, 0.05) is 16.8 Å². The van der Waals surface area contributed by atoms with Crippen molar-refractivity contribution in [2.45, 2.75) is 13.8 Å². The second kappa shape index (κ2) is 6.74. The third-order valence-corrected chi connectivity index (χ3v) is 3.11. The molecule has 3 heteroatoms. The molecule has 0 saturated heterocycles. The Morgan fingerprint density at radius 2 is 1.86 bits per heavy atom. The molecule has 0 aromatic heterocycles. The van der Waals surface area contributed by atoms with Gasteiger partial charge in [0.05, 0.1) is 6.54 Å². The summed E-state index contributed by atoms with van der Waals surface area (Å²) < 4.78 is 0. The second-order valence-electron chi connectivity index (χ2n) is 4.86. The minimum absolute atomic E-state index is 0.125. The van der Waals surface area contributed by atoms with Crippen LogP contribution in [0.5, 0.6) is 0 Å². The molecule has 2 aromatic carbocycles. The van der Waals surface area contributed by atoms with E-state index in [4.69, 9.17) is 5.73 Å². The number of nitrogens with two attached hydrogens (primary N) is 1. The lowest BCUT2D eigenvalue weighted by Crippen LogP contribution is -2.12. The molecular weight excluding hydrogens is 260 g/mol. The summed E-state index contributed by atoms with van der Waals surface area (Å²) in [4.78, 5) is 12.2. The average molecular weight is 278 g/mol. The lowest BCUT2D eigenvalue weighted by molar-refractivity contribution is 0.102. The molecule has 0 radical (unpaired) electrons. The van der Waals surface area contributed by atoms with Crippen LogP contribution in [-0.2, 0) is 0 Å². The van der Waals surface area contributed by atoms with Gasteiger partial charge in [0.1, 0.15) is 0 Å². The van der Waals surface area contributed by atoms with Crippen LogP contribution in [0, 0.1) is 25.7 Å². The third-order valence-electron chi connectivity index (χ3n) is 3.11. The first-order valence-corrected chi connectivity index (χ1v) is 6.78. The van der Waals surface area contributed by atoms with Gasteiger partial charge in [0.15, 0.2) is 0 Å². The van der Waals surface area contributed by atoms with Gasteiger partial charge < -0.3 is 11.1 Å². The van der Waals surface area contributed by atoms with Gasteiger partial charge in [0.25, 0.3) is 5.91 Å². The van der Waals surface area contributed by atoms with Crippen molar-refractivity contribution in [1.29, 1.82) is 0 Å². The van der Waals surface area contributed by atoms with E-state index in [1.54, 1.807) is 12.1 Å². The lowest BCUT2D eigenvalue weighted by Gasteiger charge is -2.09. The van der Waals surface area contributed by atoms with Crippen LogP contribution in [0.2, 0.25) is 0 Å². The summed E-state index contributed by atoms with van der Waals surface area (Å²) in [6.07, 6.45) is 0. The molecule has 0 saturated carbocycles. The highest BCUT2D eigenvalue weighted by Crippen LogP contribution is 2.17. The molecule has 2 aromatic rings. The zero-order valence-corrected chi connectivity index (χ0v) is 12.2. The highest BCUT2D eigenvalue weighted by molar-refractivity contribution is 6.04. The van der Waals surface area contributed by atoms with Gasteiger partial charge in [-0.1, -0.05) is 29.5 Å². The molecular formula is C18H18N2O. The van der Waals surface area contributed by atoms with Gasteiger partial charge in [-0.05, 0) is 49.7 Å². The number of benzene rings is 2. The Labute approximate surface area is 125 Å². The lowest BCUT2D eigenvalue weighted by atomic mass is 10.1. The van der Waals surface area contributed by atoms with Crippen molar-refractivity contribution in [2.24, 2.45) is 5.73 Å². The van der Waals surface area contributed by atoms with Gasteiger partial charge >= 0.3 is 0 Å². The summed E-state index contributed by atoms with van der Waals surface area (Å²) in [6, 6.07) is 13.1. The smallest absolute Gasteiger partial charge is 0.255 e. The van der Waals surface area contributed by atoms with Gasteiger partial charge in [0.2, 0.25) is 0 Å². The van der Waals surface area contributed by atoms with E-state index in [9.17, 15) is 4.79 Å². The molecule has 3 nitrogen and oxygen atoms in total. The van der Waals surface area contributed by atoms with E-state index in [-0.39, 0.29) is 5.91 Å². The van der Waals surface area contributed by atoms with Crippen molar-refractivity contribution < 1.29 is 4.79 Å². The standard InChI is InChI=1S/C18H18N2O/c1-13-5-10-17(14(2)12-13)20-18(21)16-8-6-15(7-9-16)4-3-11-19/h5-10,12H,11,19H2,1-2H3,(H,20,21). The topological polar surface area (TPSA) is 55.1 Å². The number of nitrogens with one attached hydrogen (secondary N) is 1. The number of amides is 1. The summed E-state index contributed by atoms with van der Waals surface area (Å²) in [6.45, 7) is 4.34. The summed E-state index contributed by atoms with van der Waals surface area (Å²) in [5.41, 5.74) is 9.84. The van der Waals surface area contributed by atoms with Crippen LogP contribution in [0.15, 0.2) is 42.5 Å². The van der Waals surface area contributed by atoms with E-state index in [0.29, 0.717) is 12.1 Å². The number of carbonyl (C=O) groups excluding carboxylic acids is 1. The molecule has 0 aliphatic carbocycles. The van der Waals surface area contributed by atoms with Crippen molar-refractivity contribution in [3.05, 3.63) is 64.7 Å². The Hall–Kier alpha value is -2.57. The fourth-order valence-corrected chi connectivity index (χ4v) is 2.01. The van der Waals surface area contributed by atoms with Crippen molar-refractivity contribution in [3.8, 4) is 11.8 Å². The fourth-order valence-electron chi connectivity index (χ4n) is 2.01. The van der Waals surface area contributed by atoms with Crippen molar-refractivity contribution in [3.63, 3.8) is 0 Å². The fraction of sp³-hybridized carbons (Fsp3) is 0.167. The number of anilines is 1. The molecule has 0 heterocycles. The van der Waals surface area contributed by atoms with Crippen LogP contribution in [0.25, 0.3) is 0 Å². The summed E-state index contributed by atoms with van der Waals surface area (Å²) >= 11 is 0. The van der Waals surface area contributed by atoms with E-state index in [0.717, 1.165) is 16.8 Å². The minimum atomic E-state index is -0.125. The van der Waals surface area contributed by atoms with Crippen LogP contribution < -0.4 is 11.1 Å². The predicted molar refractivity (Wildman–Crippen MR) is 86.2 cm³/mol. The molecule has 0 bridgehead atoms. The molecule has 0 unspecified atom stereocenters. The van der Waals surface area contributed by atoms with Crippen LogP contribution in [0.4, 0.5) is 5.69 Å². The Kier molecular flexibility index (Phi) is 4.76. The van der Waals surface area contributed by atoms with Crippen molar-refractivity contribution in [1.82, 2.24) is 0 Å². The molecule has 2 rings (SSSR count). The van der Waals surface area contributed by atoms with Crippen LogP contribution >= 0.6 is 0 Å². The number of carbonyl (C=O) groups is 1. The van der Waals surface area contributed by atoms with E-state index < -0.39 is 0 Å². The van der Waals surface area contributed by atoms with Crippen LogP contribution in [0.1, 0.15) is 27.0 Å². The largest absolute Gasteiger partial charge is 0.322 e. The second-order valence-corrected chi connectivity index (χ2v) is 4.86. The van der Waals surface area contributed by atoms with Crippen LogP contribution in [0.3, 0.4) is 0 Å². The normalized spacial score (nSPS) is 9.67. The number of hydrogen-bond donors (Lipinski definition) is 2. The Balaban J connectivity index is 2.13. The van der Waals surface area contributed by atoms with Gasteiger partial charge in [-0.2, -0.15) is 0 Å². The van der Waals surface area contributed by atoms with Gasteiger partial charge in [-0.3, -0.25) is 4.79 Å². The first kappa shape index (κ1) is 14.8. The first-order chi connectivity index (χ1) is 10.1. The summed E-state index contributed by atoms with van der Waals surface area (Å²) in [5, 5.41) is 2.92. The van der Waals surface area contributed by atoms with Gasteiger partial charge in [-0.25, -0.2) is 0 Å². The Morgan fingerprint density at radius 1 is 1.14 bits per heavy atom. The van der Waals surface area contributed by atoms with Crippen molar-refractivity contribution >= 4 is 11.6 Å². The zero-order chi connectivity index (χ0) is 15.2.